The Balaban J connectivity index is 1.69. The van der Waals surface area contributed by atoms with Gasteiger partial charge in [0.1, 0.15) is 0 Å². The predicted molar refractivity (Wildman–Crippen MR) is 78.4 cm³/mol. The van der Waals surface area contributed by atoms with Crippen LogP contribution in [0.25, 0.3) is 0 Å². The molecule has 0 radical (unpaired) electrons. The third kappa shape index (κ3) is 4.70. The number of hydrogen-bond donors (Lipinski definition) is 2. The highest BCUT2D eigenvalue weighted by Gasteiger charge is 2.15. The molecule has 1 aliphatic rings. The van der Waals surface area contributed by atoms with E-state index in [4.69, 9.17) is 4.42 Å². The molecule has 1 fully saturated rings. The van der Waals surface area contributed by atoms with E-state index >= 15 is 0 Å². The molecule has 1 aliphatic heterocycles. The fourth-order valence-electron chi connectivity index (χ4n) is 1.62. The van der Waals surface area contributed by atoms with Crippen molar-refractivity contribution in [1.29, 1.82) is 0 Å². The smallest absolute Gasteiger partial charge is 0.315 e. The Labute approximate surface area is 116 Å². The first-order valence-corrected chi connectivity index (χ1v) is 8.55. The Kier molecular flexibility index (Phi) is 6.16. The zero-order valence-corrected chi connectivity index (χ0v) is 12.3. The maximum Gasteiger partial charge on any atom is 0.315 e. The van der Waals surface area contributed by atoms with Gasteiger partial charge in [0, 0.05) is 29.1 Å². The Bertz CT molecular complexity index is 342. The van der Waals surface area contributed by atoms with Gasteiger partial charge < -0.3 is 15.1 Å². The van der Waals surface area contributed by atoms with Crippen molar-refractivity contribution >= 4 is 29.5 Å². The standard InChI is InChI=1S/C11H20N4OS2/c1-2-3-12-7-10-14-15-11(16-10)13-6-9-8-17-4-5-18-9/h9,12H,2-8H2,1H3,(H,13,15). The Morgan fingerprint density at radius 1 is 1.39 bits per heavy atom. The van der Waals surface area contributed by atoms with E-state index in [1.165, 1.54) is 17.3 Å². The number of nitrogens with zero attached hydrogens (tertiary/aromatic N) is 2. The van der Waals surface area contributed by atoms with E-state index in [1.54, 1.807) is 0 Å². The molecule has 1 saturated heterocycles. The summed E-state index contributed by atoms with van der Waals surface area (Å²) in [5, 5.41) is 15.1. The molecule has 102 valence electrons. The van der Waals surface area contributed by atoms with E-state index < -0.39 is 0 Å². The summed E-state index contributed by atoms with van der Waals surface area (Å²) >= 11 is 4.04. The molecular formula is C11H20N4OS2. The molecule has 0 spiro atoms. The van der Waals surface area contributed by atoms with Gasteiger partial charge in [-0.1, -0.05) is 12.0 Å². The second-order valence-electron chi connectivity index (χ2n) is 4.13. The highest BCUT2D eigenvalue weighted by atomic mass is 32.2. The molecule has 5 nitrogen and oxygen atoms in total. The van der Waals surface area contributed by atoms with Crippen molar-refractivity contribution in [2.45, 2.75) is 25.1 Å². The molecule has 2 rings (SSSR count). The first-order chi connectivity index (χ1) is 8.88. The van der Waals surface area contributed by atoms with Crippen molar-refractivity contribution in [3.63, 3.8) is 0 Å². The molecule has 7 heteroatoms. The van der Waals surface area contributed by atoms with Crippen LogP contribution in [0.2, 0.25) is 0 Å². The van der Waals surface area contributed by atoms with E-state index in [-0.39, 0.29) is 0 Å². The number of rotatable bonds is 7. The first kappa shape index (κ1) is 14.0. The van der Waals surface area contributed by atoms with Gasteiger partial charge in [-0.25, -0.2) is 0 Å². The number of anilines is 1. The molecule has 1 unspecified atom stereocenters. The zero-order chi connectivity index (χ0) is 12.6. The van der Waals surface area contributed by atoms with Gasteiger partial charge in [0.25, 0.3) is 0 Å². The molecule has 0 amide bonds. The molecule has 0 aromatic carbocycles. The number of aromatic nitrogens is 2. The molecule has 0 saturated carbocycles. The largest absolute Gasteiger partial charge is 0.407 e. The Morgan fingerprint density at radius 2 is 2.33 bits per heavy atom. The second kappa shape index (κ2) is 7.91. The van der Waals surface area contributed by atoms with Crippen molar-refractivity contribution in [3.05, 3.63) is 5.89 Å². The average Bonchev–Trinajstić information content (AvgIpc) is 2.86. The van der Waals surface area contributed by atoms with Crippen molar-refractivity contribution in [2.75, 3.05) is 35.7 Å². The van der Waals surface area contributed by atoms with Crippen LogP contribution in [0, 0.1) is 0 Å². The van der Waals surface area contributed by atoms with Gasteiger partial charge in [-0.2, -0.15) is 23.5 Å². The van der Waals surface area contributed by atoms with Crippen LogP contribution in [0.1, 0.15) is 19.2 Å². The highest BCUT2D eigenvalue weighted by molar-refractivity contribution is 8.06. The molecule has 0 aliphatic carbocycles. The van der Waals surface area contributed by atoms with Gasteiger partial charge in [-0.15, -0.1) is 5.10 Å². The van der Waals surface area contributed by atoms with Crippen LogP contribution in [0.4, 0.5) is 6.01 Å². The minimum absolute atomic E-state index is 0.541. The second-order valence-corrected chi connectivity index (χ2v) is 6.68. The fourth-order valence-corrected chi connectivity index (χ4v) is 4.24. The summed E-state index contributed by atoms with van der Waals surface area (Å²) in [6.07, 6.45) is 1.11. The Hall–Kier alpha value is -0.400. The van der Waals surface area contributed by atoms with Crippen molar-refractivity contribution in [1.82, 2.24) is 15.5 Å². The van der Waals surface area contributed by atoms with Crippen LogP contribution in [0.5, 0.6) is 0 Å². The molecule has 1 aromatic heterocycles. The highest BCUT2D eigenvalue weighted by Crippen LogP contribution is 2.24. The van der Waals surface area contributed by atoms with Gasteiger partial charge in [0.05, 0.1) is 6.54 Å². The fraction of sp³-hybridized carbons (Fsp3) is 0.818. The van der Waals surface area contributed by atoms with Crippen molar-refractivity contribution in [2.24, 2.45) is 0 Å². The van der Waals surface area contributed by atoms with Crippen LogP contribution in [0.3, 0.4) is 0 Å². The normalized spacial score (nSPS) is 19.9. The lowest BCUT2D eigenvalue weighted by atomic mass is 10.5. The SMILES string of the molecule is CCCNCc1nnc(NCC2CSCCS2)o1. The van der Waals surface area contributed by atoms with Crippen LogP contribution in [-0.2, 0) is 6.54 Å². The van der Waals surface area contributed by atoms with E-state index in [1.807, 2.05) is 23.5 Å². The molecule has 2 N–H and O–H groups in total. The van der Waals surface area contributed by atoms with Crippen LogP contribution < -0.4 is 10.6 Å². The summed E-state index contributed by atoms with van der Waals surface area (Å²) in [5.74, 6) is 4.37. The average molecular weight is 288 g/mol. The first-order valence-electron chi connectivity index (χ1n) is 6.35. The maximum atomic E-state index is 5.51. The number of hydrogen-bond acceptors (Lipinski definition) is 7. The lowest BCUT2D eigenvalue weighted by molar-refractivity contribution is 0.477. The lowest BCUT2D eigenvalue weighted by Gasteiger charge is -2.20. The third-order valence-electron chi connectivity index (χ3n) is 2.54. The Morgan fingerprint density at radius 3 is 3.11 bits per heavy atom. The van der Waals surface area contributed by atoms with E-state index in [9.17, 15) is 0 Å². The quantitative estimate of drug-likeness (QED) is 0.742. The summed E-state index contributed by atoms with van der Waals surface area (Å²) in [6.45, 7) is 4.66. The zero-order valence-electron chi connectivity index (χ0n) is 10.6. The monoisotopic (exact) mass is 288 g/mol. The summed E-state index contributed by atoms with van der Waals surface area (Å²) in [7, 11) is 0. The number of thioether (sulfide) groups is 2. The summed E-state index contributed by atoms with van der Waals surface area (Å²) in [5.41, 5.74) is 0. The van der Waals surface area contributed by atoms with E-state index in [0.717, 1.165) is 19.5 Å². The van der Waals surface area contributed by atoms with Gasteiger partial charge in [-0.05, 0) is 13.0 Å². The minimum atomic E-state index is 0.541. The number of nitrogens with one attached hydrogen (secondary N) is 2. The predicted octanol–water partition coefficient (Wildman–Crippen LogP) is 1.83. The molecule has 2 heterocycles. The van der Waals surface area contributed by atoms with Crippen LogP contribution in [-0.4, -0.2) is 45.8 Å². The molecule has 0 bridgehead atoms. The summed E-state index contributed by atoms with van der Waals surface area (Å²) in [6, 6.07) is 0.541. The summed E-state index contributed by atoms with van der Waals surface area (Å²) < 4.78 is 5.51. The molecular weight excluding hydrogens is 268 g/mol. The third-order valence-corrected chi connectivity index (χ3v) is 5.38. The van der Waals surface area contributed by atoms with Gasteiger partial charge in [-0.3, -0.25) is 0 Å². The molecule has 1 atom stereocenters. The molecule has 1 aromatic rings. The van der Waals surface area contributed by atoms with E-state index in [0.29, 0.717) is 23.7 Å². The van der Waals surface area contributed by atoms with Crippen molar-refractivity contribution < 1.29 is 4.42 Å². The van der Waals surface area contributed by atoms with Crippen LogP contribution >= 0.6 is 23.5 Å². The molecule has 18 heavy (non-hydrogen) atoms. The van der Waals surface area contributed by atoms with Crippen LogP contribution in [0.15, 0.2) is 4.42 Å². The minimum Gasteiger partial charge on any atom is -0.407 e. The maximum absolute atomic E-state index is 5.51. The van der Waals surface area contributed by atoms with Crippen molar-refractivity contribution in [3.8, 4) is 0 Å². The van der Waals surface area contributed by atoms with E-state index in [2.05, 4.69) is 27.8 Å². The lowest BCUT2D eigenvalue weighted by Crippen LogP contribution is -2.23. The van der Waals surface area contributed by atoms with Gasteiger partial charge >= 0.3 is 6.01 Å². The van der Waals surface area contributed by atoms with Gasteiger partial charge in [0.15, 0.2) is 0 Å². The topological polar surface area (TPSA) is 63.0 Å². The summed E-state index contributed by atoms with van der Waals surface area (Å²) in [4.78, 5) is 0. The van der Waals surface area contributed by atoms with Gasteiger partial charge in [0.2, 0.25) is 5.89 Å².